The molecule has 0 heterocycles. The molecule has 0 aliphatic rings. The van der Waals surface area contributed by atoms with E-state index in [0.29, 0.717) is 17.5 Å². The molecule has 0 aromatic heterocycles. The van der Waals surface area contributed by atoms with Gasteiger partial charge in [-0.05, 0) is 76.8 Å². The van der Waals surface area contributed by atoms with Crippen LogP contribution < -0.4 is 5.73 Å². The number of hydrogen-bond donors (Lipinski definition) is 1. The third kappa shape index (κ3) is 4.19. The zero-order valence-corrected chi connectivity index (χ0v) is 18.6. The van der Waals surface area contributed by atoms with Crippen molar-refractivity contribution < 1.29 is 14.2 Å². The van der Waals surface area contributed by atoms with Crippen molar-refractivity contribution in [1.29, 1.82) is 0 Å². The van der Waals surface area contributed by atoms with Crippen LogP contribution in [0.4, 0.5) is 0 Å². The first-order chi connectivity index (χ1) is 13.0. The average molecular weight is 399 g/mol. The van der Waals surface area contributed by atoms with Gasteiger partial charge < -0.3 is 10.3 Å². The third-order valence-corrected chi connectivity index (χ3v) is 7.82. The maximum absolute atomic E-state index is 14.0. The SMILES string of the molecule is Cc1cc(C)c(C(=O)P(=O)(CCCN)C(=O)c2c(C)cc(C)cc2C)c(C)c1. The fraction of sp³-hybridized carbons (Fsp3) is 0.391. The Bertz CT molecular complexity index is 872. The number of carbonyl (C=O) groups is 2. The summed E-state index contributed by atoms with van der Waals surface area (Å²) in [7, 11) is -3.86. The molecule has 2 rings (SSSR count). The lowest BCUT2D eigenvalue weighted by Gasteiger charge is -2.21. The number of benzene rings is 2. The topological polar surface area (TPSA) is 77.2 Å². The lowest BCUT2D eigenvalue weighted by molar-refractivity contribution is 0.103. The maximum Gasteiger partial charge on any atom is 0.229 e. The van der Waals surface area contributed by atoms with E-state index in [0.717, 1.165) is 33.4 Å². The van der Waals surface area contributed by atoms with Crippen molar-refractivity contribution >= 4 is 18.2 Å². The van der Waals surface area contributed by atoms with Crippen molar-refractivity contribution in [2.45, 2.75) is 48.0 Å². The highest BCUT2D eigenvalue weighted by atomic mass is 31.2. The molecule has 0 spiro atoms. The van der Waals surface area contributed by atoms with Crippen LogP contribution in [-0.2, 0) is 4.57 Å². The van der Waals surface area contributed by atoms with Crippen molar-refractivity contribution in [3.8, 4) is 0 Å². The van der Waals surface area contributed by atoms with Crippen molar-refractivity contribution in [2.24, 2.45) is 5.73 Å². The number of aryl methyl sites for hydroxylation is 6. The number of rotatable bonds is 7. The fourth-order valence-corrected chi connectivity index (χ4v) is 6.65. The minimum atomic E-state index is -3.86. The quantitative estimate of drug-likeness (QED) is 0.647. The molecule has 28 heavy (non-hydrogen) atoms. The van der Waals surface area contributed by atoms with Gasteiger partial charge >= 0.3 is 0 Å². The van der Waals surface area contributed by atoms with Crippen LogP contribution in [0.2, 0.25) is 0 Å². The van der Waals surface area contributed by atoms with Gasteiger partial charge in [0.1, 0.15) is 0 Å². The average Bonchev–Trinajstić information content (AvgIpc) is 2.57. The Labute approximate surface area is 167 Å². The molecular formula is C23H30NO3P. The van der Waals surface area contributed by atoms with E-state index in [1.54, 1.807) is 0 Å². The third-order valence-electron chi connectivity index (χ3n) is 5.12. The Balaban J connectivity index is 2.67. The molecule has 0 amide bonds. The smallest absolute Gasteiger partial charge is 0.229 e. The molecule has 4 nitrogen and oxygen atoms in total. The first-order valence-electron chi connectivity index (χ1n) is 9.57. The van der Waals surface area contributed by atoms with Gasteiger partial charge in [0.05, 0.1) is 0 Å². The Morgan fingerprint density at radius 1 is 0.750 bits per heavy atom. The van der Waals surface area contributed by atoms with E-state index >= 15 is 0 Å². The second kappa shape index (κ2) is 8.55. The highest BCUT2D eigenvalue weighted by Crippen LogP contribution is 2.54. The molecule has 0 saturated heterocycles. The van der Waals surface area contributed by atoms with Crippen molar-refractivity contribution in [2.75, 3.05) is 12.7 Å². The summed E-state index contributed by atoms with van der Waals surface area (Å²) in [5.41, 5.74) is 10.4. The lowest BCUT2D eigenvalue weighted by atomic mass is 10.0. The molecule has 0 aliphatic carbocycles. The second-order valence-corrected chi connectivity index (χ2v) is 10.5. The molecular weight excluding hydrogens is 369 g/mol. The van der Waals surface area contributed by atoms with E-state index in [4.69, 9.17) is 5.73 Å². The van der Waals surface area contributed by atoms with Gasteiger partial charge in [-0.2, -0.15) is 0 Å². The van der Waals surface area contributed by atoms with E-state index in [1.807, 2.05) is 65.8 Å². The molecule has 0 fully saturated rings. The Morgan fingerprint density at radius 2 is 1.07 bits per heavy atom. The molecule has 0 atom stereocenters. The van der Waals surface area contributed by atoms with E-state index < -0.39 is 18.2 Å². The van der Waals surface area contributed by atoms with Crippen LogP contribution in [0.25, 0.3) is 0 Å². The minimum Gasteiger partial charge on any atom is -0.330 e. The fourth-order valence-electron chi connectivity index (χ4n) is 4.01. The summed E-state index contributed by atoms with van der Waals surface area (Å²) in [6, 6.07) is 7.56. The molecule has 2 aromatic carbocycles. The molecule has 0 aliphatic heterocycles. The van der Waals surface area contributed by atoms with Crippen LogP contribution in [-0.4, -0.2) is 23.8 Å². The normalized spacial score (nSPS) is 11.5. The van der Waals surface area contributed by atoms with Gasteiger partial charge in [0, 0.05) is 17.3 Å². The van der Waals surface area contributed by atoms with Gasteiger partial charge in [0.25, 0.3) is 0 Å². The zero-order valence-electron chi connectivity index (χ0n) is 17.7. The van der Waals surface area contributed by atoms with Gasteiger partial charge in [-0.15, -0.1) is 0 Å². The number of nitrogens with two attached hydrogens (primary N) is 1. The van der Waals surface area contributed by atoms with E-state index in [2.05, 4.69) is 0 Å². The van der Waals surface area contributed by atoms with Gasteiger partial charge in [0.15, 0.2) is 0 Å². The molecule has 0 radical (unpaired) electrons. The second-order valence-electron chi connectivity index (χ2n) is 7.76. The Morgan fingerprint density at radius 3 is 1.36 bits per heavy atom. The number of carbonyl (C=O) groups excluding carboxylic acids is 2. The molecule has 0 saturated carbocycles. The maximum atomic E-state index is 14.0. The van der Waals surface area contributed by atoms with Gasteiger partial charge in [-0.25, -0.2) is 0 Å². The summed E-state index contributed by atoms with van der Waals surface area (Å²) in [6.45, 7) is 11.5. The van der Waals surface area contributed by atoms with Gasteiger partial charge in [-0.1, -0.05) is 35.4 Å². The lowest BCUT2D eigenvalue weighted by Crippen LogP contribution is -2.18. The molecule has 5 heteroatoms. The molecule has 2 N–H and O–H groups in total. The van der Waals surface area contributed by atoms with Crippen LogP contribution in [0.15, 0.2) is 24.3 Å². The van der Waals surface area contributed by atoms with Crippen LogP contribution in [0.3, 0.4) is 0 Å². The van der Waals surface area contributed by atoms with Crippen molar-refractivity contribution in [3.05, 3.63) is 68.8 Å². The number of hydrogen-bond acceptors (Lipinski definition) is 4. The zero-order chi connectivity index (χ0) is 21.2. The summed E-state index contributed by atoms with van der Waals surface area (Å²) >= 11 is 0. The molecule has 0 bridgehead atoms. The predicted octanol–water partition coefficient (Wildman–Crippen LogP) is 5.23. The standard InChI is InChI=1S/C23H30NO3P/c1-14-10-16(3)20(17(4)11-14)22(25)28(27,9-7-8-24)23(26)21-18(5)12-15(2)13-19(21)6/h10-13H,7-9,24H2,1-6H3. The summed E-state index contributed by atoms with van der Waals surface area (Å²) < 4.78 is 14.0. The van der Waals surface area contributed by atoms with Crippen molar-refractivity contribution in [3.63, 3.8) is 0 Å². The van der Waals surface area contributed by atoms with Crippen LogP contribution in [0.1, 0.15) is 60.5 Å². The summed E-state index contributed by atoms with van der Waals surface area (Å²) in [5.74, 6) is 0. The van der Waals surface area contributed by atoms with Crippen molar-refractivity contribution in [1.82, 2.24) is 0 Å². The predicted molar refractivity (Wildman–Crippen MR) is 116 cm³/mol. The Kier molecular flexibility index (Phi) is 6.80. The summed E-state index contributed by atoms with van der Waals surface area (Å²) in [6.07, 6.45) is 0.364. The van der Waals surface area contributed by atoms with E-state index in [-0.39, 0.29) is 12.7 Å². The largest absolute Gasteiger partial charge is 0.330 e. The summed E-state index contributed by atoms with van der Waals surface area (Å²) in [4.78, 5) is 27.0. The monoisotopic (exact) mass is 399 g/mol. The van der Waals surface area contributed by atoms with Gasteiger partial charge in [0.2, 0.25) is 18.2 Å². The first kappa shape index (κ1) is 22.3. The van der Waals surface area contributed by atoms with Crippen LogP contribution in [0.5, 0.6) is 0 Å². The molecule has 0 unspecified atom stereocenters. The Hall–Kier alpha value is -2.03. The molecule has 150 valence electrons. The minimum absolute atomic E-state index is 0.000674. The van der Waals surface area contributed by atoms with Crippen LogP contribution in [0, 0.1) is 41.5 Å². The molecule has 2 aromatic rings. The highest BCUT2D eigenvalue weighted by molar-refractivity contribution is 7.95. The van der Waals surface area contributed by atoms with E-state index in [9.17, 15) is 14.2 Å². The highest BCUT2D eigenvalue weighted by Gasteiger charge is 2.42. The first-order valence-corrected chi connectivity index (χ1v) is 11.5. The van der Waals surface area contributed by atoms with E-state index in [1.165, 1.54) is 0 Å². The van der Waals surface area contributed by atoms with Crippen LogP contribution >= 0.6 is 7.14 Å². The summed E-state index contributed by atoms with van der Waals surface area (Å²) in [5, 5.41) is 0. The van der Waals surface area contributed by atoms with Gasteiger partial charge in [-0.3, -0.25) is 9.59 Å².